The van der Waals surface area contributed by atoms with Crippen LogP contribution >= 0.6 is 35.0 Å². The van der Waals surface area contributed by atoms with Gasteiger partial charge in [0.1, 0.15) is 12.4 Å². The summed E-state index contributed by atoms with van der Waals surface area (Å²) < 4.78 is 9.94. The molecule has 0 saturated carbocycles. The standard InChI is InChI=1S/C15H14Cl2N2O4S/c1-9-5-13(19-23-9)18-14(20)7-24-8-15(21)22-6-10-11(16)3-2-4-12(10)17/h2-5H,6-8H2,1H3,(H,18,19,20). The van der Waals surface area contributed by atoms with Crippen LogP contribution in [0.4, 0.5) is 5.82 Å². The molecule has 0 aliphatic rings. The van der Waals surface area contributed by atoms with Crippen molar-refractivity contribution in [2.24, 2.45) is 0 Å². The Morgan fingerprint density at radius 1 is 1.29 bits per heavy atom. The number of rotatable bonds is 7. The zero-order valence-electron chi connectivity index (χ0n) is 12.7. The molecule has 1 aromatic carbocycles. The summed E-state index contributed by atoms with van der Waals surface area (Å²) in [7, 11) is 0. The Morgan fingerprint density at radius 2 is 2.00 bits per heavy atom. The maximum absolute atomic E-state index is 11.7. The Labute approximate surface area is 152 Å². The van der Waals surface area contributed by atoms with Gasteiger partial charge in [-0.05, 0) is 19.1 Å². The monoisotopic (exact) mass is 388 g/mol. The summed E-state index contributed by atoms with van der Waals surface area (Å²) in [5.74, 6) is 0.325. The van der Waals surface area contributed by atoms with Crippen molar-refractivity contribution in [3.63, 3.8) is 0 Å². The minimum atomic E-state index is -0.457. The Bertz CT molecular complexity index is 716. The molecule has 9 heteroatoms. The number of hydrogen-bond donors (Lipinski definition) is 1. The number of amides is 1. The van der Waals surface area contributed by atoms with Crippen LogP contribution in [0.15, 0.2) is 28.8 Å². The molecule has 0 saturated heterocycles. The molecule has 1 N–H and O–H groups in total. The highest BCUT2D eigenvalue weighted by molar-refractivity contribution is 8.00. The summed E-state index contributed by atoms with van der Waals surface area (Å²) >= 11 is 13.1. The highest BCUT2D eigenvalue weighted by Gasteiger charge is 2.11. The molecule has 24 heavy (non-hydrogen) atoms. The smallest absolute Gasteiger partial charge is 0.316 e. The van der Waals surface area contributed by atoms with Gasteiger partial charge in [0.15, 0.2) is 5.82 Å². The average molecular weight is 389 g/mol. The summed E-state index contributed by atoms with van der Waals surface area (Å²) in [6.45, 7) is 1.71. The van der Waals surface area contributed by atoms with E-state index in [1.807, 2.05) is 0 Å². The molecule has 0 spiro atoms. The van der Waals surface area contributed by atoms with E-state index in [0.717, 1.165) is 11.8 Å². The van der Waals surface area contributed by atoms with E-state index in [1.165, 1.54) is 0 Å². The Balaban J connectivity index is 1.69. The van der Waals surface area contributed by atoms with Gasteiger partial charge in [-0.3, -0.25) is 9.59 Å². The number of anilines is 1. The van der Waals surface area contributed by atoms with Gasteiger partial charge in [-0.1, -0.05) is 34.4 Å². The molecular weight excluding hydrogens is 375 g/mol. The first-order chi connectivity index (χ1) is 11.5. The summed E-state index contributed by atoms with van der Waals surface area (Å²) in [6.07, 6.45) is 0. The third kappa shape index (κ3) is 5.74. The number of carbonyl (C=O) groups is 2. The van der Waals surface area contributed by atoms with Crippen LogP contribution in [0.2, 0.25) is 10.0 Å². The molecule has 1 amide bonds. The second kappa shape index (κ2) is 8.96. The lowest BCUT2D eigenvalue weighted by atomic mass is 10.2. The largest absolute Gasteiger partial charge is 0.460 e. The molecule has 0 fully saturated rings. The van der Waals surface area contributed by atoms with Gasteiger partial charge >= 0.3 is 5.97 Å². The van der Waals surface area contributed by atoms with Crippen LogP contribution in [-0.2, 0) is 20.9 Å². The molecule has 0 bridgehead atoms. The number of nitrogens with one attached hydrogen (secondary N) is 1. The van der Waals surface area contributed by atoms with E-state index in [0.29, 0.717) is 27.2 Å². The third-order valence-electron chi connectivity index (χ3n) is 2.79. The van der Waals surface area contributed by atoms with Gasteiger partial charge in [0, 0.05) is 21.7 Å². The lowest BCUT2D eigenvalue weighted by Crippen LogP contribution is -2.16. The van der Waals surface area contributed by atoms with E-state index >= 15 is 0 Å². The summed E-state index contributed by atoms with van der Waals surface area (Å²) in [5.41, 5.74) is 0.554. The molecule has 1 aromatic heterocycles. The van der Waals surface area contributed by atoms with Crippen LogP contribution < -0.4 is 5.32 Å². The number of aromatic nitrogens is 1. The van der Waals surface area contributed by atoms with Gasteiger partial charge in [-0.2, -0.15) is 0 Å². The van der Waals surface area contributed by atoms with Crippen molar-refractivity contribution in [3.05, 3.63) is 45.6 Å². The van der Waals surface area contributed by atoms with Crippen LogP contribution in [0.3, 0.4) is 0 Å². The zero-order chi connectivity index (χ0) is 17.5. The van der Waals surface area contributed by atoms with Gasteiger partial charge < -0.3 is 14.6 Å². The Hall–Kier alpha value is -1.70. The third-order valence-corrected chi connectivity index (χ3v) is 4.40. The van der Waals surface area contributed by atoms with E-state index in [1.54, 1.807) is 31.2 Å². The number of thioether (sulfide) groups is 1. The first-order valence-corrected chi connectivity index (χ1v) is 8.76. The van der Waals surface area contributed by atoms with E-state index in [2.05, 4.69) is 10.5 Å². The Morgan fingerprint density at radius 3 is 2.62 bits per heavy atom. The fourth-order valence-electron chi connectivity index (χ4n) is 1.70. The fraction of sp³-hybridized carbons (Fsp3) is 0.267. The lowest BCUT2D eigenvalue weighted by molar-refractivity contribution is -0.141. The van der Waals surface area contributed by atoms with Gasteiger partial charge in [0.05, 0.1) is 11.5 Å². The van der Waals surface area contributed by atoms with Gasteiger partial charge in [-0.15, -0.1) is 11.8 Å². The number of esters is 1. The van der Waals surface area contributed by atoms with Crippen LogP contribution in [0.5, 0.6) is 0 Å². The molecule has 2 aromatic rings. The molecule has 1 heterocycles. The number of hydrogen-bond acceptors (Lipinski definition) is 6. The SMILES string of the molecule is Cc1cc(NC(=O)CSCC(=O)OCc2c(Cl)cccc2Cl)no1. The first kappa shape index (κ1) is 18.6. The van der Waals surface area contributed by atoms with Crippen LogP contribution in [0, 0.1) is 6.92 Å². The summed E-state index contributed by atoms with van der Waals surface area (Å²) in [6, 6.07) is 6.65. The quantitative estimate of drug-likeness (QED) is 0.728. The van der Waals surface area contributed by atoms with Crippen LogP contribution in [0.1, 0.15) is 11.3 Å². The summed E-state index contributed by atoms with van der Waals surface area (Å²) in [4.78, 5) is 23.4. The minimum absolute atomic E-state index is 0.0116. The number of ether oxygens (including phenoxy) is 1. The van der Waals surface area contributed by atoms with Crippen LogP contribution in [0.25, 0.3) is 0 Å². The molecule has 6 nitrogen and oxygen atoms in total. The van der Waals surface area contributed by atoms with Crippen molar-refractivity contribution in [2.75, 3.05) is 16.8 Å². The summed E-state index contributed by atoms with van der Waals surface area (Å²) in [5, 5.41) is 7.07. The van der Waals surface area contributed by atoms with E-state index in [-0.39, 0.29) is 24.0 Å². The van der Waals surface area contributed by atoms with Crippen molar-refractivity contribution in [2.45, 2.75) is 13.5 Å². The zero-order valence-corrected chi connectivity index (χ0v) is 15.0. The van der Waals surface area contributed by atoms with Crippen molar-refractivity contribution in [1.29, 1.82) is 0 Å². The Kier molecular flexibility index (Phi) is 6.96. The van der Waals surface area contributed by atoms with E-state index < -0.39 is 5.97 Å². The molecular formula is C15H14Cl2N2O4S. The normalized spacial score (nSPS) is 10.5. The molecule has 0 unspecified atom stereocenters. The number of benzene rings is 1. The second-order valence-electron chi connectivity index (χ2n) is 4.72. The van der Waals surface area contributed by atoms with Crippen LogP contribution in [-0.4, -0.2) is 28.5 Å². The maximum atomic E-state index is 11.7. The lowest BCUT2D eigenvalue weighted by Gasteiger charge is -2.08. The van der Waals surface area contributed by atoms with Crippen molar-refractivity contribution >= 4 is 52.7 Å². The molecule has 128 valence electrons. The second-order valence-corrected chi connectivity index (χ2v) is 6.52. The molecule has 2 rings (SSSR count). The highest BCUT2D eigenvalue weighted by Crippen LogP contribution is 2.25. The minimum Gasteiger partial charge on any atom is -0.460 e. The number of carbonyl (C=O) groups excluding carboxylic acids is 2. The maximum Gasteiger partial charge on any atom is 0.316 e. The number of halogens is 2. The van der Waals surface area contributed by atoms with Crippen molar-refractivity contribution < 1.29 is 18.8 Å². The predicted octanol–water partition coefficient (Wildman–Crippen LogP) is 3.70. The van der Waals surface area contributed by atoms with E-state index in [4.69, 9.17) is 32.5 Å². The molecule has 0 radical (unpaired) electrons. The van der Waals surface area contributed by atoms with Gasteiger partial charge in [-0.25, -0.2) is 0 Å². The molecule has 0 aliphatic carbocycles. The van der Waals surface area contributed by atoms with Crippen molar-refractivity contribution in [1.82, 2.24) is 5.16 Å². The molecule has 0 aliphatic heterocycles. The highest BCUT2D eigenvalue weighted by atomic mass is 35.5. The topological polar surface area (TPSA) is 81.4 Å². The fourth-order valence-corrected chi connectivity index (χ4v) is 2.81. The van der Waals surface area contributed by atoms with Gasteiger partial charge in [0.25, 0.3) is 0 Å². The van der Waals surface area contributed by atoms with E-state index in [9.17, 15) is 9.59 Å². The predicted molar refractivity (Wildman–Crippen MR) is 93.5 cm³/mol. The molecule has 0 atom stereocenters. The first-order valence-electron chi connectivity index (χ1n) is 6.85. The number of aryl methyl sites for hydroxylation is 1. The van der Waals surface area contributed by atoms with Crippen molar-refractivity contribution in [3.8, 4) is 0 Å². The van der Waals surface area contributed by atoms with Gasteiger partial charge in [0.2, 0.25) is 5.91 Å². The number of nitrogens with zero attached hydrogens (tertiary/aromatic N) is 1. The average Bonchev–Trinajstić information content (AvgIpc) is 2.91.